The zero-order chi connectivity index (χ0) is 9.90. The molecule has 1 N–H and O–H groups in total. The minimum absolute atomic E-state index is 0.0124. The van der Waals surface area contributed by atoms with E-state index in [0.29, 0.717) is 5.25 Å². The Morgan fingerprint density at radius 2 is 2.38 bits per heavy atom. The molecule has 0 aromatic carbocycles. The molecule has 0 aromatic heterocycles. The highest BCUT2D eigenvalue weighted by atomic mass is 32.2. The molecule has 1 aliphatic rings. The van der Waals surface area contributed by atoms with Crippen LogP contribution in [-0.2, 0) is 10.0 Å². The Bertz CT molecular complexity index is 307. The predicted octanol–water partition coefficient (Wildman–Crippen LogP) is 0.323. The van der Waals surface area contributed by atoms with E-state index in [-0.39, 0.29) is 6.04 Å². The molecule has 1 heterocycles. The Labute approximate surface area is 82.7 Å². The van der Waals surface area contributed by atoms with Crippen molar-refractivity contribution < 1.29 is 8.42 Å². The van der Waals surface area contributed by atoms with E-state index in [9.17, 15) is 8.42 Å². The van der Waals surface area contributed by atoms with E-state index < -0.39 is 15.8 Å². The summed E-state index contributed by atoms with van der Waals surface area (Å²) in [4.78, 5) is 0. The van der Waals surface area contributed by atoms with Gasteiger partial charge in [0.1, 0.15) is 0 Å². The van der Waals surface area contributed by atoms with Crippen LogP contribution >= 0.6 is 11.8 Å². The van der Waals surface area contributed by atoms with Crippen molar-refractivity contribution in [2.24, 2.45) is 0 Å². The van der Waals surface area contributed by atoms with E-state index in [1.165, 1.54) is 0 Å². The maximum Gasteiger partial charge on any atom is 0.225 e. The first-order chi connectivity index (χ1) is 6.03. The summed E-state index contributed by atoms with van der Waals surface area (Å²) in [6, 6.07) is 1.65. The second kappa shape index (κ2) is 4.31. The van der Waals surface area contributed by atoms with E-state index in [1.54, 1.807) is 17.8 Å². The van der Waals surface area contributed by atoms with Crippen molar-refractivity contribution in [3.63, 3.8) is 0 Å². The molecule has 0 aliphatic carbocycles. The number of thioether (sulfide) groups is 1. The van der Waals surface area contributed by atoms with Crippen molar-refractivity contribution >= 4 is 21.8 Å². The molecule has 1 aliphatic heterocycles. The lowest BCUT2D eigenvalue weighted by molar-refractivity contribution is 0.560. The first-order valence-corrected chi connectivity index (χ1v) is 6.72. The Morgan fingerprint density at radius 1 is 1.69 bits per heavy atom. The van der Waals surface area contributed by atoms with Crippen molar-refractivity contribution in [3.8, 4) is 6.07 Å². The van der Waals surface area contributed by atoms with E-state index in [1.807, 2.05) is 0 Å². The molecule has 2 unspecified atom stereocenters. The first kappa shape index (κ1) is 10.8. The highest BCUT2D eigenvalue weighted by Crippen LogP contribution is 2.26. The van der Waals surface area contributed by atoms with Crippen molar-refractivity contribution in [3.05, 3.63) is 0 Å². The van der Waals surface area contributed by atoms with Crippen LogP contribution in [0.15, 0.2) is 0 Å². The Hall–Kier alpha value is -0.250. The summed E-state index contributed by atoms with van der Waals surface area (Å²) in [6.45, 7) is 2.07. The van der Waals surface area contributed by atoms with Crippen LogP contribution in [0, 0.1) is 11.3 Å². The van der Waals surface area contributed by atoms with Crippen LogP contribution in [0.4, 0.5) is 0 Å². The molecular weight excluding hydrogens is 208 g/mol. The number of hydrogen-bond donors (Lipinski definition) is 1. The monoisotopic (exact) mass is 220 g/mol. The summed E-state index contributed by atoms with van der Waals surface area (Å²) in [5.74, 6) is 0.369. The molecule has 13 heavy (non-hydrogen) atoms. The predicted molar refractivity (Wildman–Crippen MR) is 52.9 cm³/mol. The average molecular weight is 220 g/mol. The second-order valence-electron chi connectivity index (χ2n) is 3.11. The fraction of sp³-hybridized carbons (Fsp3) is 0.857. The normalized spacial score (nSPS) is 28.6. The molecule has 0 aromatic rings. The van der Waals surface area contributed by atoms with Gasteiger partial charge in [-0.3, -0.25) is 0 Å². The smallest absolute Gasteiger partial charge is 0.211 e. The van der Waals surface area contributed by atoms with E-state index >= 15 is 0 Å². The zero-order valence-corrected chi connectivity index (χ0v) is 8.99. The number of nitrogens with one attached hydrogen (secondary N) is 1. The largest absolute Gasteiger partial charge is 0.225 e. The first-order valence-electron chi connectivity index (χ1n) is 4.02. The van der Waals surface area contributed by atoms with Gasteiger partial charge in [0.15, 0.2) is 5.75 Å². The molecule has 2 atom stereocenters. The summed E-state index contributed by atoms with van der Waals surface area (Å²) < 4.78 is 24.8. The Morgan fingerprint density at radius 3 is 2.85 bits per heavy atom. The molecule has 1 rings (SSSR count). The van der Waals surface area contributed by atoms with Gasteiger partial charge < -0.3 is 0 Å². The molecule has 0 radical (unpaired) electrons. The number of nitrogens with zero attached hydrogens (tertiary/aromatic N) is 1. The van der Waals surface area contributed by atoms with Gasteiger partial charge in [0.05, 0.1) is 6.07 Å². The standard InChI is InChI=1S/C7H12N2O2S2/c1-6-4-7(5-12-6)9-13(10,11)3-2-8/h6-7,9H,3-5H2,1H3. The van der Waals surface area contributed by atoms with Crippen LogP contribution in [0.1, 0.15) is 13.3 Å². The summed E-state index contributed by atoms with van der Waals surface area (Å²) >= 11 is 1.75. The van der Waals surface area contributed by atoms with Gasteiger partial charge in [-0.2, -0.15) is 17.0 Å². The molecule has 4 nitrogen and oxygen atoms in total. The fourth-order valence-corrected chi connectivity index (χ4v) is 3.47. The van der Waals surface area contributed by atoms with Crippen molar-refractivity contribution in [2.75, 3.05) is 11.5 Å². The topological polar surface area (TPSA) is 70.0 Å². The fourth-order valence-electron chi connectivity index (χ4n) is 1.28. The molecule has 1 fully saturated rings. The highest BCUT2D eigenvalue weighted by molar-refractivity contribution is 8.00. The van der Waals surface area contributed by atoms with Crippen LogP contribution in [0.3, 0.4) is 0 Å². The van der Waals surface area contributed by atoms with Gasteiger partial charge in [0.25, 0.3) is 0 Å². The van der Waals surface area contributed by atoms with Gasteiger partial charge in [-0.15, -0.1) is 0 Å². The number of rotatable bonds is 3. The molecule has 74 valence electrons. The lowest BCUT2D eigenvalue weighted by Crippen LogP contribution is -2.36. The zero-order valence-electron chi connectivity index (χ0n) is 7.36. The van der Waals surface area contributed by atoms with Gasteiger partial charge in [-0.05, 0) is 6.42 Å². The van der Waals surface area contributed by atoms with Gasteiger partial charge in [-0.25, -0.2) is 13.1 Å². The molecular formula is C7H12N2O2S2. The van der Waals surface area contributed by atoms with Gasteiger partial charge in [-0.1, -0.05) is 6.92 Å². The third-order valence-electron chi connectivity index (χ3n) is 1.80. The summed E-state index contributed by atoms with van der Waals surface area (Å²) in [5.41, 5.74) is 0. The number of nitriles is 1. The van der Waals surface area contributed by atoms with Crippen LogP contribution in [0.5, 0.6) is 0 Å². The van der Waals surface area contributed by atoms with Crippen LogP contribution in [-0.4, -0.2) is 31.2 Å². The highest BCUT2D eigenvalue weighted by Gasteiger charge is 2.25. The van der Waals surface area contributed by atoms with Crippen LogP contribution in [0.25, 0.3) is 0 Å². The maximum atomic E-state index is 11.2. The maximum absolute atomic E-state index is 11.2. The van der Waals surface area contributed by atoms with Gasteiger partial charge >= 0.3 is 0 Å². The molecule has 0 bridgehead atoms. The van der Waals surface area contributed by atoms with E-state index in [2.05, 4.69) is 11.6 Å². The lowest BCUT2D eigenvalue weighted by atomic mass is 10.2. The summed E-state index contributed by atoms with van der Waals surface area (Å²) in [5, 5.41) is 8.76. The second-order valence-corrected chi connectivity index (χ2v) is 6.34. The molecule has 6 heteroatoms. The van der Waals surface area contributed by atoms with E-state index in [0.717, 1.165) is 12.2 Å². The van der Waals surface area contributed by atoms with Gasteiger partial charge in [0.2, 0.25) is 10.0 Å². The molecule has 0 saturated carbocycles. The number of hydrogen-bond acceptors (Lipinski definition) is 4. The summed E-state index contributed by atoms with van der Waals surface area (Å²) in [6.07, 6.45) is 0.856. The number of sulfonamides is 1. The van der Waals surface area contributed by atoms with Gasteiger partial charge in [0, 0.05) is 17.0 Å². The van der Waals surface area contributed by atoms with Crippen molar-refractivity contribution in [1.29, 1.82) is 5.26 Å². The minimum Gasteiger partial charge on any atom is -0.211 e. The SMILES string of the molecule is CC1CC(NS(=O)(=O)CC#N)CS1. The quantitative estimate of drug-likeness (QED) is 0.744. The molecule has 0 spiro atoms. The molecule has 1 saturated heterocycles. The van der Waals surface area contributed by atoms with E-state index in [4.69, 9.17) is 5.26 Å². The van der Waals surface area contributed by atoms with Crippen molar-refractivity contribution in [1.82, 2.24) is 4.72 Å². The Balaban J connectivity index is 2.46. The Kier molecular flexibility index (Phi) is 3.59. The lowest BCUT2D eigenvalue weighted by Gasteiger charge is -2.09. The minimum atomic E-state index is -3.36. The summed E-state index contributed by atoms with van der Waals surface area (Å²) in [7, 11) is -3.36. The van der Waals surface area contributed by atoms with Crippen molar-refractivity contribution in [2.45, 2.75) is 24.6 Å². The average Bonchev–Trinajstić information content (AvgIpc) is 2.34. The molecule has 0 amide bonds. The third kappa shape index (κ3) is 3.55. The van der Waals surface area contributed by atoms with Crippen LogP contribution < -0.4 is 4.72 Å². The van der Waals surface area contributed by atoms with Crippen LogP contribution in [0.2, 0.25) is 0 Å². The third-order valence-corrected chi connectivity index (χ3v) is 4.36.